The third kappa shape index (κ3) is 4.95. The number of ether oxygens (including phenoxy) is 2. The number of methoxy groups -OCH3 is 2. The number of nitrogens with one attached hydrogen (secondary N) is 1. The summed E-state index contributed by atoms with van der Waals surface area (Å²) in [6, 6.07) is 5.33. The molecule has 4 rings (SSSR count). The number of hydrogen-bond donors (Lipinski definition) is 1. The monoisotopic (exact) mass is 511 g/mol. The summed E-state index contributed by atoms with van der Waals surface area (Å²) in [7, 11) is 3.16. The van der Waals surface area contributed by atoms with Crippen LogP contribution in [0.15, 0.2) is 24.4 Å². The molecule has 36 heavy (non-hydrogen) atoms. The van der Waals surface area contributed by atoms with Crippen molar-refractivity contribution in [2.24, 2.45) is 5.92 Å². The molecule has 1 saturated heterocycles. The highest BCUT2D eigenvalue weighted by Crippen LogP contribution is 2.37. The number of hydrogen-bond acceptors (Lipinski definition) is 8. The number of piperidine rings is 1. The molecule has 3 aromatic rings. The molecule has 1 aliphatic heterocycles. The maximum Gasteiger partial charge on any atom is 0.257 e. The van der Waals surface area contributed by atoms with Crippen LogP contribution in [0.3, 0.4) is 0 Å². The maximum atomic E-state index is 13.4. The molecule has 0 atom stereocenters. The van der Waals surface area contributed by atoms with Crippen molar-refractivity contribution in [1.82, 2.24) is 14.3 Å². The van der Waals surface area contributed by atoms with Gasteiger partial charge in [0.05, 0.1) is 42.2 Å². The lowest BCUT2D eigenvalue weighted by Crippen LogP contribution is -2.40. The second kappa shape index (κ2) is 11.1. The van der Waals surface area contributed by atoms with Crippen LogP contribution in [0.5, 0.6) is 11.5 Å². The predicted molar refractivity (Wildman–Crippen MR) is 143 cm³/mol. The first-order valence-corrected chi connectivity index (χ1v) is 13.0. The minimum Gasteiger partial charge on any atom is -0.497 e. The van der Waals surface area contributed by atoms with Crippen molar-refractivity contribution in [2.45, 2.75) is 33.6 Å². The average molecular weight is 512 g/mol. The number of carbonyl (C=O) groups is 2. The quantitative estimate of drug-likeness (QED) is 0.480. The van der Waals surface area contributed by atoms with E-state index in [-0.39, 0.29) is 17.7 Å². The summed E-state index contributed by atoms with van der Waals surface area (Å²) in [6.45, 7) is 8.48. The van der Waals surface area contributed by atoms with Crippen LogP contribution in [0, 0.1) is 12.8 Å². The summed E-state index contributed by atoms with van der Waals surface area (Å²) in [6.07, 6.45) is 3.01. The molecule has 1 N–H and O–H groups in total. The molecular formula is C26H33N5O4S. The van der Waals surface area contributed by atoms with Gasteiger partial charge in [0, 0.05) is 44.4 Å². The number of amides is 2. The van der Waals surface area contributed by atoms with Crippen molar-refractivity contribution < 1.29 is 19.1 Å². The van der Waals surface area contributed by atoms with Crippen LogP contribution in [0.1, 0.15) is 42.7 Å². The first-order chi connectivity index (χ1) is 17.4. The topological polar surface area (TPSA) is 96.9 Å². The van der Waals surface area contributed by atoms with E-state index in [4.69, 9.17) is 9.47 Å². The van der Waals surface area contributed by atoms with E-state index < -0.39 is 0 Å². The van der Waals surface area contributed by atoms with E-state index in [1.54, 1.807) is 38.6 Å². The Balaban J connectivity index is 1.56. The highest BCUT2D eigenvalue weighted by Gasteiger charge is 2.31. The molecule has 0 unspecified atom stereocenters. The maximum absolute atomic E-state index is 13.4. The van der Waals surface area contributed by atoms with Gasteiger partial charge >= 0.3 is 0 Å². The summed E-state index contributed by atoms with van der Waals surface area (Å²) in [5.74, 6) is 1.00. The van der Waals surface area contributed by atoms with E-state index in [9.17, 15) is 9.59 Å². The molecule has 2 amide bonds. The molecule has 0 bridgehead atoms. The molecular weight excluding hydrogens is 478 g/mol. The Bertz CT molecular complexity index is 1250. The fraction of sp³-hybridized carbons (Fsp3) is 0.462. The third-order valence-electron chi connectivity index (χ3n) is 6.78. The van der Waals surface area contributed by atoms with Gasteiger partial charge in [-0.1, -0.05) is 0 Å². The van der Waals surface area contributed by atoms with Crippen molar-refractivity contribution >= 4 is 44.9 Å². The Morgan fingerprint density at radius 2 is 1.89 bits per heavy atom. The minimum atomic E-state index is -0.155. The van der Waals surface area contributed by atoms with Crippen molar-refractivity contribution in [3.8, 4) is 11.5 Å². The number of aromatic nitrogens is 2. The van der Waals surface area contributed by atoms with Crippen LogP contribution in [-0.2, 0) is 4.79 Å². The molecule has 3 heterocycles. The zero-order valence-electron chi connectivity index (χ0n) is 21.5. The molecule has 0 spiro atoms. The second-order valence-corrected chi connectivity index (χ2v) is 9.51. The number of benzene rings is 1. The molecule has 0 aliphatic carbocycles. The fourth-order valence-electron chi connectivity index (χ4n) is 4.72. The molecule has 1 aliphatic rings. The van der Waals surface area contributed by atoms with E-state index in [1.807, 2.05) is 25.7 Å². The number of anilines is 2. The Hall–Kier alpha value is -3.40. The van der Waals surface area contributed by atoms with Gasteiger partial charge in [-0.15, -0.1) is 0 Å². The van der Waals surface area contributed by atoms with Crippen LogP contribution in [0.4, 0.5) is 11.4 Å². The van der Waals surface area contributed by atoms with Gasteiger partial charge in [0.25, 0.3) is 5.91 Å². The molecule has 10 heteroatoms. The van der Waals surface area contributed by atoms with Crippen LogP contribution >= 0.6 is 11.5 Å². The van der Waals surface area contributed by atoms with Crippen molar-refractivity contribution in [3.63, 3.8) is 0 Å². The van der Waals surface area contributed by atoms with Gasteiger partial charge in [-0.25, -0.2) is 4.98 Å². The Kier molecular flexibility index (Phi) is 7.93. The van der Waals surface area contributed by atoms with Gasteiger partial charge in [-0.2, -0.15) is 4.37 Å². The number of rotatable bonds is 8. The lowest BCUT2D eigenvalue weighted by molar-refractivity contribution is -0.120. The van der Waals surface area contributed by atoms with Gasteiger partial charge in [0.15, 0.2) is 0 Å². The molecule has 1 aromatic carbocycles. The van der Waals surface area contributed by atoms with E-state index in [1.165, 1.54) is 11.5 Å². The minimum absolute atomic E-state index is 0.0278. The third-order valence-corrected chi connectivity index (χ3v) is 7.62. The molecule has 9 nitrogen and oxygen atoms in total. The Labute approximate surface area is 215 Å². The number of fused-ring (bicyclic) bond motifs is 1. The van der Waals surface area contributed by atoms with Gasteiger partial charge in [-0.3, -0.25) is 9.59 Å². The smallest absolute Gasteiger partial charge is 0.257 e. The zero-order chi connectivity index (χ0) is 25.8. The number of carbonyl (C=O) groups excluding carboxylic acids is 2. The Morgan fingerprint density at radius 3 is 2.53 bits per heavy atom. The van der Waals surface area contributed by atoms with Crippen LogP contribution < -0.4 is 19.7 Å². The summed E-state index contributed by atoms with van der Waals surface area (Å²) in [5.41, 5.74) is 2.94. The van der Waals surface area contributed by atoms with Crippen LogP contribution in [0.25, 0.3) is 10.2 Å². The zero-order valence-corrected chi connectivity index (χ0v) is 22.3. The molecule has 1 fully saturated rings. The number of pyridine rings is 1. The number of nitrogens with zero attached hydrogens (tertiary/aromatic N) is 4. The second-order valence-electron chi connectivity index (χ2n) is 8.76. The number of aryl methyl sites for hydroxylation is 1. The van der Waals surface area contributed by atoms with Gasteiger partial charge in [0.2, 0.25) is 5.91 Å². The SMILES string of the molecule is CCN(CC)C(=O)c1cnc2snc(C)c2c1N1CCC(C(=O)Nc2cc(OC)ccc2OC)CC1. The normalized spacial score (nSPS) is 14.1. The van der Waals surface area contributed by atoms with Crippen molar-refractivity contribution in [1.29, 1.82) is 0 Å². The first kappa shape index (κ1) is 25.7. The summed E-state index contributed by atoms with van der Waals surface area (Å²) in [4.78, 5) is 35.9. The molecule has 2 aromatic heterocycles. The van der Waals surface area contributed by atoms with E-state index in [0.29, 0.717) is 61.8 Å². The molecule has 0 saturated carbocycles. The largest absolute Gasteiger partial charge is 0.497 e. The molecule has 0 radical (unpaired) electrons. The Morgan fingerprint density at radius 1 is 1.17 bits per heavy atom. The van der Waals surface area contributed by atoms with E-state index in [0.717, 1.165) is 21.6 Å². The fourth-order valence-corrected chi connectivity index (χ4v) is 5.47. The molecule has 192 valence electrons. The highest BCUT2D eigenvalue weighted by molar-refractivity contribution is 7.13. The van der Waals surface area contributed by atoms with Gasteiger partial charge in [-0.05, 0) is 57.3 Å². The first-order valence-electron chi connectivity index (χ1n) is 12.2. The summed E-state index contributed by atoms with van der Waals surface area (Å²) in [5, 5.41) is 3.95. The standard InChI is InChI=1S/C26H33N5O4S/c1-6-30(7-2)26(33)19-15-27-25-22(16(3)29-36-25)23(19)31-12-10-17(11-13-31)24(32)28-20-14-18(34-4)8-9-21(20)35-5/h8-9,14-15,17H,6-7,10-13H2,1-5H3,(H,28,32). The van der Waals surface area contributed by atoms with Crippen molar-refractivity contribution in [3.05, 3.63) is 35.7 Å². The lowest BCUT2D eigenvalue weighted by Gasteiger charge is -2.35. The summed E-state index contributed by atoms with van der Waals surface area (Å²) < 4.78 is 15.2. The van der Waals surface area contributed by atoms with Crippen LogP contribution in [-0.4, -0.2) is 66.5 Å². The van der Waals surface area contributed by atoms with Gasteiger partial charge < -0.3 is 24.6 Å². The highest BCUT2D eigenvalue weighted by atomic mass is 32.1. The predicted octanol–water partition coefficient (Wildman–Crippen LogP) is 4.35. The summed E-state index contributed by atoms with van der Waals surface area (Å²) >= 11 is 1.35. The van der Waals surface area contributed by atoms with Crippen molar-refractivity contribution in [2.75, 3.05) is 50.6 Å². The van der Waals surface area contributed by atoms with Crippen LogP contribution in [0.2, 0.25) is 0 Å². The average Bonchev–Trinajstić information content (AvgIpc) is 3.29. The van der Waals surface area contributed by atoms with Gasteiger partial charge in [0.1, 0.15) is 16.3 Å². The lowest BCUT2D eigenvalue weighted by atomic mass is 9.94. The van der Waals surface area contributed by atoms with E-state index in [2.05, 4.69) is 19.6 Å². The van der Waals surface area contributed by atoms with E-state index >= 15 is 0 Å².